The number of nitrogens with one attached hydrogen (secondary N) is 1. The Labute approximate surface area is 81.2 Å². The van der Waals surface area contributed by atoms with Gasteiger partial charge in [0.2, 0.25) is 0 Å². The third-order valence-corrected chi connectivity index (χ3v) is 2.17. The number of rotatable bonds is 1. The fraction of sp³-hybridized carbons (Fsp3) is 0.200. The second-order valence-electron chi connectivity index (χ2n) is 3.04. The topological polar surface area (TPSA) is 46.9 Å². The number of aryl methyl sites for hydroxylation is 1. The minimum Gasteiger partial charge on any atom is -0.325 e. The molecular weight excluding hydrogens is 178 g/mol. The van der Waals surface area contributed by atoms with Gasteiger partial charge in [-0.05, 0) is 19.1 Å². The molecule has 0 atom stereocenters. The van der Waals surface area contributed by atoms with Crippen LogP contribution in [0.4, 0.5) is 0 Å². The molecule has 2 aromatic rings. The monoisotopic (exact) mass is 189 g/mol. The van der Waals surface area contributed by atoms with Gasteiger partial charge in [-0.2, -0.15) is 0 Å². The highest BCUT2D eigenvalue weighted by Gasteiger charge is 2.04. The molecule has 14 heavy (non-hydrogen) atoms. The molecule has 0 aliphatic heterocycles. The molecule has 0 radical (unpaired) electrons. The first-order valence-corrected chi connectivity index (χ1v) is 4.40. The number of benzene rings is 1. The van der Waals surface area contributed by atoms with Crippen LogP contribution in [0.1, 0.15) is 5.82 Å². The minimum absolute atomic E-state index is 0.0596. The Morgan fingerprint density at radius 2 is 2.07 bits per heavy atom. The molecule has 72 valence electrons. The Hall–Kier alpha value is -1.84. The van der Waals surface area contributed by atoms with Crippen LogP contribution in [0.15, 0.2) is 29.1 Å². The first-order valence-electron chi connectivity index (χ1n) is 4.40. The minimum atomic E-state index is -0.0596. The predicted molar refractivity (Wildman–Crippen MR) is 56.0 cm³/mol. The van der Waals surface area contributed by atoms with Crippen LogP contribution in [0, 0.1) is 6.92 Å². The van der Waals surface area contributed by atoms with Gasteiger partial charge in [-0.15, -0.1) is 0 Å². The van der Waals surface area contributed by atoms with Crippen molar-refractivity contribution in [1.29, 1.82) is 0 Å². The largest absolute Gasteiger partial charge is 0.325 e. The molecule has 0 unspecified atom stereocenters. The van der Waals surface area contributed by atoms with Crippen LogP contribution in [0.25, 0.3) is 10.9 Å². The summed E-state index contributed by atoms with van der Waals surface area (Å²) in [6, 6.07) is 7.32. The van der Waals surface area contributed by atoms with Crippen molar-refractivity contribution in [1.82, 2.24) is 9.66 Å². The highest BCUT2D eigenvalue weighted by molar-refractivity contribution is 5.77. The van der Waals surface area contributed by atoms with Gasteiger partial charge in [-0.3, -0.25) is 4.79 Å². The average Bonchev–Trinajstić information content (AvgIpc) is 2.18. The van der Waals surface area contributed by atoms with Crippen molar-refractivity contribution < 1.29 is 0 Å². The Bertz CT molecular complexity index is 530. The molecule has 0 fully saturated rings. The van der Waals surface area contributed by atoms with E-state index in [1.54, 1.807) is 20.0 Å². The molecular formula is C10H11N3O. The van der Waals surface area contributed by atoms with Crippen LogP contribution in [0.3, 0.4) is 0 Å². The summed E-state index contributed by atoms with van der Waals surface area (Å²) in [6.07, 6.45) is 0. The molecule has 1 heterocycles. The van der Waals surface area contributed by atoms with Crippen molar-refractivity contribution in [3.05, 3.63) is 40.4 Å². The lowest BCUT2D eigenvalue weighted by Gasteiger charge is -2.08. The number of para-hydroxylation sites is 1. The lowest BCUT2D eigenvalue weighted by molar-refractivity contribution is 0.805. The summed E-state index contributed by atoms with van der Waals surface area (Å²) in [4.78, 5) is 16.1. The molecule has 2 rings (SSSR count). The predicted octanol–water partition coefficient (Wildman–Crippen LogP) is 0.878. The van der Waals surface area contributed by atoms with Gasteiger partial charge in [-0.25, -0.2) is 9.66 Å². The van der Waals surface area contributed by atoms with Gasteiger partial charge >= 0.3 is 0 Å². The Kier molecular flexibility index (Phi) is 1.96. The Morgan fingerprint density at radius 1 is 1.36 bits per heavy atom. The SMILES string of the molecule is CNn1c(C)nc2ccccc2c1=O. The summed E-state index contributed by atoms with van der Waals surface area (Å²) in [6.45, 7) is 1.80. The van der Waals surface area contributed by atoms with Crippen LogP contribution in [0.2, 0.25) is 0 Å². The molecule has 4 heteroatoms. The fourth-order valence-electron chi connectivity index (χ4n) is 1.51. The third-order valence-electron chi connectivity index (χ3n) is 2.17. The highest BCUT2D eigenvalue weighted by atomic mass is 16.1. The van der Waals surface area contributed by atoms with Crippen LogP contribution in [-0.4, -0.2) is 16.7 Å². The van der Waals surface area contributed by atoms with Crippen molar-refractivity contribution in [3.8, 4) is 0 Å². The van der Waals surface area contributed by atoms with Gasteiger partial charge in [0.1, 0.15) is 5.82 Å². The quantitative estimate of drug-likeness (QED) is 0.724. The lowest BCUT2D eigenvalue weighted by atomic mass is 10.2. The van der Waals surface area contributed by atoms with Gasteiger partial charge < -0.3 is 5.43 Å². The number of hydrogen-bond donors (Lipinski definition) is 1. The van der Waals surface area contributed by atoms with Crippen molar-refractivity contribution >= 4 is 10.9 Å². The molecule has 1 aromatic heterocycles. The zero-order chi connectivity index (χ0) is 10.1. The number of hydrogen-bond acceptors (Lipinski definition) is 3. The number of nitrogens with zero attached hydrogens (tertiary/aromatic N) is 2. The maximum Gasteiger partial charge on any atom is 0.279 e. The lowest BCUT2D eigenvalue weighted by Crippen LogP contribution is -2.29. The molecule has 1 aromatic carbocycles. The van der Waals surface area contributed by atoms with E-state index < -0.39 is 0 Å². The maximum atomic E-state index is 11.8. The first kappa shape index (κ1) is 8.74. The standard InChI is InChI=1S/C10H11N3O/c1-7-12-9-6-4-3-5-8(9)10(14)13(7)11-2/h3-6,11H,1-2H3. The third kappa shape index (κ3) is 1.16. The van der Waals surface area contributed by atoms with Crippen molar-refractivity contribution in [2.75, 3.05) is 12.5 Å². The highest BCUT2D eigenvalue weighted by Crippen LogP contribution is 2.05. The number of fused-ring (bicyclic) bond motifs is 1. The van der Waals surface area contributed by atoms with Gasteiger partial charge in [-0.1, -0.05) is 12.1 Å². The van der Waals surface area contributed by atoms with Crippen molar-refractivity contribution in [3.63, 3.8) is 0 Å². The van der Waals surface area contributed by atoms with Crippen LogP contribution in [0.5, 0.6) is 0 Å². The fourth-order valence-corrected chi connectivity index (χ4v) is 1.51. The van der Waals surface area contributed by atoms with Crippen molar-refractivity contribution in [2.24, 2.45) is 0 Å². The molecule has 0 saturated carbocycles. The molecule has 0 saturated heterocycles. The van der Waals surface area contributed by atoms with Gasteiger partial charge in [0.25, 0.3) is 5.56 Å². The molecule has 0 spiro atoms. The summed E-state index contributed by atoms with van der Waals surface area (Å²) in [7, 11) is 1.70. The van der Waals surface area contributed by atoms with Crippen LogP contribution >= 0.6 is 0 Å². The van der Waals surface area contributed by atoms with E-state index in [4.69, 9.17) is 0 Å². The summed E-state index contributed by atoms with van der Waals surface area (Å²) in [5.41, 5.74) is 3.48. The van der Waals surface area contributed by atoms with Gasteiger partial charge in [0.15, 0.2) is 0 Å². The van der Waals surface area contributed by atoms with E-state index in [2.05, 4.69) is 10.4 Å². The van der Waals surface area contributed by atoms with E-state index in [1.807, 2.05) is 18.2 Å². The van der Waals surface area contributed by atoms with E-state index in [0.717, 1.165) is 5.52 Å². The number of aromatic nitrogens is 2. The zero-order valence-corrected chi connectivity index (χ0v) is 8.11. The zero-order valence-electron chi connectivity index (χ0n) is 8.11. The molecule has 4 nitrogen and oxygen atoms in total. The average molecular weight is 189 g/mol. The van der Waals surface area contributed by atoms with E-state index in [-0.39, 0.29) is 5.56 Å². The summed E-state index contributed by atoms with van der Waals surface area (Å²) < 4.78 is 1.43. The van der Waals surface area contributed by atoms with E-state index in [9.17, 15) is 4.79 Å². The van der Waals surface area contributed by atoms with E-state index >= 15 is 0 Å². The van der Waals surface area contributed by atoms with E-state index in [0.29, 0.717) is 11.2 Å². The van der Waals surface area contributed by atoms with Crippen molar-refractivity contribution in [2.45, 2.75) is 6.92 Å². The van der Waals surface area contributed by atoms with Gasteiger partial charge in [0, 0.05) is 7.05 Å². The molecule has 0 bridgehead atoms. The summed E-state index contributed by atoms with van der Waals surface area (Å²) >= 11 is 0. The Balaban J connectivity index is 2.93. The smallest absolute Gasteiger partial charge is 0.279 e. The molecule has 0 aliphatic carbocycles. The summed E-state index contributed by atoms with van der Waals surface area (Å²) in [5.74, 6) is 0.663. The molecule has 1 N–H and O–H groups in total. The van der Waals surface area contributed by atoms with Crippen LogP contribution in [-0.2, 0) is 0 Å². The Morgan fingerprint density at radius 3 is 2.79 bits per heavy atom. The van der Waals surface area contributed by atoms with Crippen LogP contribution < -0.4 is 11.0 Å². The summed E-state index contributed by atoms with van der Waals surface area (Å²) in [5, 5.41) is 0.632. The normalized spacial score (nSPS) is 10.4. The maximum absolute atomic E-state index is 11.8. The second-order valence-corrected chi connectivity index (χ2v) is 3.04. The molecule has 0 aliphatic rings. The van der Waals surface area contributed by atoms with Gasteiger partial charge in [0.05, 0.1) is 10.9 Å². The first-order chi connectivity index (χ1) is 6.74. The molecule has 0 amide bonds. The van der Waals surface area contributed by atoms with E-state index in [1.165, 1.54) is 4.68 Å². The second kappa shape index (κ2) is 3.14.